The lowest BCUT2D eigenvalue weighted by Gasteiger charge is -2.27. The highest BCUT2D eigenvalue weighted by atomic mass is 16.5. The highest BCUT2D eigenvalue weighted by Crippen LogP contribution is 2.13. The van der Waals surface area contributed by atoms with E-state index in [1.807, 2.05) is 24.4 Å². The Hall–Kier alpha value is -2.24. The van der Waals surface area contributed by atoms with Gasteiger partial charge in [-0.3, -0.25) is 14.7 Å². The lowest BCUT2D eigenvalue weighted by atomic mass is 10.1. The number of aromatic nitrogens is 1. The number of pyridine rings is 1. The van der Waals surface area contributed by atoms with Crippen LogP contribution in [0.3, 0.4) is 0 Å². The third-order valence-corrected chi connectivity index (χ3v) is 4.46. The Morgan fingerprint density at radius 3 is 2.68 bits per heavy atom. The van der Waals surface area contributed by atoms with E-state index in [-0.39, 0.29) is 5.91 Å². The van der Waals surface area contributed by atoms with Crippen LogP contribution in [0.25, 0.3) is 0 Å². The number of morpholine rings is 1. The van der Waals surface area contributed by atoms with E-state index in [0.717, 1.165) is 44.8 Å². The van der Waals surface area contributed by atoms with Gasteiger partial charge in [0.05, 0.1) is 13.2 Å². The summed E-state index contributed by atoms with van der Waals surface area (Å²) >= 11 is 0. The summed E-state index contributed by atoms with van der Waals surface area (Å²) < 4.78 is 5.41. The Labute approximate surface area is 149 Å². The number of hydrogen-bond donors (Lipinski definition) is 1. The normalized spacial score (nSPS) is 15.0. The number of nitrogens with one attached hydrogen (secondary N) is 1. The molecule has 1 fully saturated rings. The second kappa shape index (κ2) is 9.30. The van der Waals surface area contributed by atoms with Crippen LogP contribution in [0.4, 0.5) is 0 Å². The molecule has 5 heteroatoms. The van der Waals surface area contributed by atoms with Crippen molar-refractivity contribution in [1.29, 1.82) is 0 Å². The van der Waals surface area contributed by atoms with E-state index in [1.54, 1.807) is 6.20 Å². The molecular weight excluding hydrogens is 314 g/mol. The maximum absolute atomic E-state index is 12.1. The summed E-state index contributed by atoms with van der Waals surface area (Å²) in [5, 5.41) is 3.04. The first kappa shape index (κ1) is 17.6. The number of benzene rings is 1. The molecule has 0 radical (unpaired) electrons. The van der Waals surface area contributed by atoms with Gasteiger partial charge in [0.15, 0.2) is 0 Å². The quantitative estimate of drug-likeness (QED) is 0.840. The van der Waals surface area contributed by atoms with E-state index in [2.05, 4.69) is 33.4 Å². The fourth-order valence-corrected chi connectivity index (χ4v) is 2.97. The molecule has 0 aliphatic carbocycles. The van der Waals surface area contributed by atoms with Crippen LogP contribution in [0.2, 0.25) is 0 Å². The zero-order valence-electron chi connectivity index (χ0n) is 14.5. The average molecular weight is 339 g/mol. The topological polar surface area (TPSA) is 54.5 Å². The van der Waals surface area contributed by atoms with E-state index in [9.17, 15) is 4.79 Å². The molecule has 0 saturated carbocycles. The third-order valence-electron chi connectivity index (χ3n) is 4.46. The van der Waals surface area contributed by atoms with Crippen LogP contribution in [-0.2, 0) is 29.0 Å². The molecule has 5 nitrogen and oxygen atoms in total. The average Bonchev–Trinajstić information content (AvgIpc) is 2.67. The molecule has 3 rings (SSSR count). The number of carbonyl (C=O) groups is 1. The molecule has 1 saturated heterocycles. The summed E-state index contributed by atoms with van der Waals surface area (Å²) in [5.74, 6) is 0.0741. The van der Waals surface area contributed by atoms with Gasteiger partial charge in [-0.2, -0.15) is 0 Å². The van der Waals surface area contributed by atoms with Crippen molar-refractivity contribution in [3.05, 3.63) is 65.5 Å². The molecule has 0 bridgehead atoms. The van der Waals surface area contributed by atoms with Gasteiger partial charge in [0.25, 0.3) is 0 Å². The summed E-state index contributed by atoms with van der Waals surface area (Å²) in [5.41, 5.74) is 3.55. The van der Waals surface area contributed by atoms with Crippen molar-refractivity contribution in [2.75, 3.05) is 26.3 Å². The van der Waals surface area contributed by atoms with E-state index in [0.29, 0.717) is 13.0 Å². The van der Waals surface area contributed by atoms with Crippen molar-refractivity contribution < 1.29 is 9.53 Å². The predicted octanol–water partition coefficient (Wildman–Crippen LogP) is 2.16. The van der Waals surface area contributed by atoms with Gasteiger partial charge < -0.3 is 10.1 Å². The van der Waals surface area contributed by atoms with Gasteiger partial charge >= 0.3 is 0 Å². The van der Waals surface area contributed by atoms with Gasteiger partial charge in [-0.1, -0.05) is 30.3 Å². The molecule has 25 heavy (non-hydrogen) atoms. The van der Waals surface area contributed by atoms with Crippen molar-refractivity contribution >= 4 is 5.91 Å². The number of rotatable bonds is 7. The van der Waals surface area contributed by atoms with Crippen LogP contribution in [0.1, 0.15) is 23.1 Å². The van der Waals surface area contributed by atoms with Crippen molar-refractivity contribution in [2.24, 2.45) is 0 Å². The van der Waals surface area contributed by atoms with Gasteiger partial charge in [0.1, 0.15) is 0 Å². The van der Waals surface area contributed by atoms with Crippen LogP contribution < -0.4 is 5.32 Å². The van der Waals surface area contributed by atoms with E-state index < -0.39 is 0 Å². The fraction of sp³-hybridized carbons (Fsp3) is 0.400. The summed E-state index contributed by atoms with van der Waals surface area (Å²) in [6, 6.07) is 12.2. The number of nitrogens with zero attached hydrogens (tertiary/aromatic N) is 2. The summed E-state index contributed by atoms with van der Waals surface area (Å²) in [7, 11) is 0. The van der Waals surface area contributed by atoms with E-state index in [1.165, 1.54) is 11.1 Å². The Morgan fingerprint density at radius 1 is 1.12 bits per heavy atom. The van der Waals surface area contributed by atoms with Crippen LogP contribution in [0.5, 0.6) is 0 Å². The van der Waals surface area contributed by atoms with Crippen molar-refractivity contribution in [3.63, 3.8) is 0 Å². The monoisotopic (exact) mass is 339 g/mol. The van der Waals surface area contributed by atoms with Gasteiger partial charge in [-0.05, 0) is 29.2 Å². The van der Waals surface area contributed by atoms with Gasteiger partial charge in [-0.25, -0.2) is 0 Å². The van der Waals surface area contributed by atoms with Crippen LogP contribution >= 0.6 is 0 Å². The SMILES string of the molecule is O=C(CCc1cccnc1)NCc1ccccc1CN1CCOCC1. The van der Waals surface area contributed by atoms with Crippen molar-refractivity contribution in [2.45, 2.75) is 25.9 Å². The maximum atomic E-state index is 12.1. The minimum Gasteiger partial charge on any atom is -0.379 e. The first-order valence-electron chi connectivity index (χ1n) is 8.84. The summed E-state index contributed by atoms with van der Waals surface area (Å²) in [6.07, 6.45) is 4.76. The molecule has 1 aromatic carbocycles. The Kier molecular flexibility index (Phi) is 6.54. The minimum absolute atomic E-state index is 0.0741. The number of ether oxygens (including phenoxy) is 1. The largest absolute Gasteiger partial charge is 0.379 e. The number of amides is 1. The summed E-state index contributed by atoms with van der Waals surface area (Å²) in [4.78, 5) is 18.6. The maximum Gasteiger partial charge on any atom is 0.220 e. The Morgan fingerprint density at radius 2 is 1.92 bits per heavy atom. The molecule has 0 atom stereocenters. The Balaban J connectivity index is 1.49. The second-order valence-corrected chi connectivity index (χ2v) is 6.30. The van der Waals surface area contributed by atoms with Gasteiger partial charge in [-0.15, -0.1) is 0 Å². The number of aryl methyl sites for hydroxylation is 1. The molecule has 1 aromatic heterocycles. The van der Waals surface area contributed by atoms with E-state index in [4.69, 9.17) is 4.74 Å². The molecule has 2 heterocycles. The molecule has 0 unspecified atom stereocenters. The van der Waals surface area contributed by atoms with Crippen LogP contribution in [0.15, 0.2) is 48.8 Å². The third kappa shape index (κ3) is 5.66. The number of carbonyl (C=O) groups excluding carboxylic acids is 1. The molecule has 0 spiro atoms. The highest BCUT2D eigenvalue weighted by Gasteiger charge is 2.13. The standard InChI is InChI=1S/C20H25N3O2/c24-20(8-7-17-4-3-9-21-14-17)22-15-18-5-1-2-6-19(18)16-23-10-12-25-13-11-23/h1-6,9,14H,7-8,10-13,15-16H2,(H,22,24). The molecule has 1 N–H and O–H groups in total. The lowest BCUT2D eigenvalue weighted by molar-refractivity contribution is -0.121. The lowest BCUT2D eigenvalue weighted by Crippen LogP contribution is -2.36. The fourth-order valence-electron chi connectivity index (χ4n) is 2.97. The second-order valence-electron chi connectivity index (χ2n) is 6.30. The molecule has 2 aromatic rings. The highest BCUT2D eigenvalue weighted by molar-refractivity contribution is 5.76. The van der Waals surface area contributed by atoms with Crippen molar-refractivity contribution in [3.8, 4) is 0 Å². The zero-order chi connectivity index (χ0) is 17.3. The molecule has 132 valence electrons. The molecule has 1 amide bonds. The minimum atomic E-state index is 0.0741. The zero-order valence-corrected chi connectivity index (χ0v) is 14.5. The predicted molar refractivity (Wildman–Crippen MR) is 96.9 cm³/mol. The Bertz CT molecular complexity index is 670. The van der Waals surface area contributed by atoms with Crippen LogP contribution in [-0.4, -0.2) is 42.1 Å². The van der Waals surface area contributed by atoms with Crippen LogP contribution in [0, 0.1) is 0 Å². The first-order valence-corrected chi connectivity index (χ1v) is 8.84. The smallest absolute Gasteiger partial charge is 0.220 e. The van der Waals surface area contributed by atoms with E-state index >= 15 is 0 Å². The number of hydrogen-bond acceptors (Lipinski definition) is 4. The van der Waals surface area contributed by atoms with Gasteiger partial charge in [0, 0.05) is 45.0 Å². The molecule has 1 aliphatic heterocycles. The molecule has 1 aliphatic rings. The van der Waals surface area contributed by atoms with Gasteiger partial charge in [0.2, 0.25) is 5.91 Å². The molecular formula is C20H25N3O2. The van der Waals surface area contributed by atoms with Crippen molar-refractivity contribution in [1.82, 2.24) is 15.2 Å². The first-order chi connectivity index (χ1) is 12.3. The summed E-state index contributed by atoms with van der Waals surface area (Å²) in [6.45, 7) is 5.01.